The van der Waals surface area contributed by atoms with Crippen LogP contribution < -0.4 is 15.8 Å². The van der Waals surface area contributed by atoms with E-state index in [1.54, 1.807) is 12.0 Å². The second kappa shape index (κ2) is 15.3. The maximum Gasteiger partial charge on any atom is 0.254 e. The van der Waals surface area contributed by atoms with Crippen molar-refractivity contribution in [2.45, 2.75) is 57.2 Å². The molecule has 10 heteroatoms. The van der Waals surface area contributed by atoms with Gasteiger partial charge >= 0.3 is 0 Å². The van der Waals surface area contributed by atoms with Crippen molar-refractivity contribution >= 4 is 17.7 Å². The minimum atomic E-state index is -0.856. The zero-order valence-corrected chi connectivity index (χ0v) is 26.2. The first-order valence-electron chi connectivity index (χ1n) is 16.0. The highest BCUT2D eigenvalue weighted by Crippen LogP contribution is 2.30. The number of hydrogen-bond acceptors (Lipinski definition) is 5. The molecule has 1 unspecified atom stereocenters. The van der Waals surface area contributed by atoms with Crippen molar-refractivity contribution in [1.82, 2.24) is 15.1 Å². The summed E-state index contributed by atoms with van der Waals surface area (Å²) < 4.78 is 32.8. The highest BCUT2D eigenvalue weighted by Gasteiger charge is 2.40. The van der Waals surface area contributed by atoms with E-state index < -0.39 is 23.7 Å². The van der Waals surface area contributed by atoms with Gasteiger partial charge in [-0.1, -0.05) is 12.1 Å². The van der Waals surface area contributed by atoms with Gasteiger partial charge in [0.15, 0.2) is 0 Å². The smallest absolute Gasteiger partial charge is 0.254 e. The molecule has 3 aromatic rings. The van der Waals surface area contributed by atoms with E-state index in [1.807, 2.05) is 24.3 Å². The van der Waals surface area contributed by atoms with Crippen LogP contribution in [-0.2, 0) is 11.3 Å². The number of nitrogens with zero attached hydrogens (tertiary/aromatic N) is 2. The van der Waals surface area contributed by atoms with Gasteiger partial charge in [0, 0.05) is 36.8 Å². The van der Waals surface area contributed by atoms with E-state index in [0.717, 1.165) is 31.2 Å². The Morgan fingerprint density at radius 1 is 0.891 bits per heavy atom. The molecule has 2 aliphatic rings. The fourth-order valence-electron chi connectivity index (χ4n) is 6.61. The molecular weight excluding hydrogens is 590 g/mol. The number of piperidine rings is 1. The number of nitrogens with one attached hydrogen (secondary N) is 1. The van der Waals surface area contributed by atoms with Gasteiger partial charge in [-0.25, -0.2) is 8.78 Å². The van der Waals surface area contributed by atoms with Crippen LogP contribution in [0.15, 0.2) is 72.8 Å². The molecule has 1 aliphatic carbocycles. The predicted octanol–water partition coefficient (Wildman–Crippen LogP) is 5.17. The van der Waals surface area contributed by atoms with Crippen molar-refractivity contribution in [2.75, 3.05) is 26.7 Å². The van der Waals surface area contributed by atoms with E-state index in [4.69, 9.17) is 10.5 Å². The second-order valence-corrected chi connectivity index (χ2v) is 12.4. The molecule has 1 saturated heterocycles. The Balaban J connectivity index is 1.41. The van der Waals surface area contributed by atoms with Crippen molar-refractivity contribution in [3.63, 3.8) is 0 Å². The van der Waals surface area contributed by atoms with Gasteiger partial charge < -0.3 is 25.6 Å². The number of nitrogens with two attached hydrogens (primary N) is 1. The minimum absolute atomic E-state index is 0.204. The summed E-state index contributed by atoms with van der Waals surface area (Å²) in [5.74, 6) is -0.367. The van der Waals surface area contributed by atoms with Crippen LogP contribution in [0.5, 0.6) is 5.75 Å². The summed E-state index contributed by atoms with van der Waals surface area (Å²) in [4.78, 5) is 44.8. The van der Waals surface area contributed by atoms with E-state index in [-0.39, 0.29) is 42.8 Å². The number of methoxy groups -OCH3 is 1. The Labute approximate surface area is 268 Å². The molecule has 1 heterocycles. The number of amides is 3. The fourth-order valence-corrected chi connectivity index (χ4v) is 6.61. The summed E-state index contributed by atoms with van der Waals surface area (Å²) in [6.07, 6.45) is 4.64. The van der Waals surface area contributed by atoms with Crippen LogP contribution in [0.3, 0.4) is 0 Å². The van der Waals surface area contributed by atoms with Crippen molar-refractivity contribution in [2.24, 2.45) is 17.6 Å². The molecule has 244 valence electrons. The first-order valence-corrected chi connectivity index (χ1v) is 16.0. The van der Waals surface area contributed by atoms with Gasteiger partial charge in [0.2, 0.25) is 5.91 Å². The molecular formula is C36H42F2N4O4. The van der Waals surface area contributed by atoms with Crippen LogP contribution in [0.1, 0.15) is 64.8 Å². The number of hydrogen-bond donors (Lipinski definition) is 2. The van der Waals surface area contributed by atoms with E-state index in [0.29, 0.717) is 42.7 Å². The summed E-state index contributed by atoms with van der Waals surface area (Å²) in [7, 11) is 1.57. The van der Waals surface area contributed by atoms with Gasteiger partial charge in [-0.05, 0) is 123 Å². The summed E-state index contributed by atoms with van der Waals surface area (Å²) in [6, 6.07) is 16.8. The number of halogens is 2. The van der Waals surface area contributed by atoms with Crippen molar-refractivity contribution in [1.29, 1.82) is 0 Å². The monoisotopic (exact) mass is 632 g/mol. The first-order chi connectivity index (χ1) is 22.2. The van der Waals surface area contributed by atoms with Crippen LogP contribution >= 0.6 is 0 Å². The van der Waals surface area contributed by atoms with E-state index in [9.17, 15) is 23.2 Å². The minimum Gasteiger partial charge on any atom is -0.497 e. The standard InChI is InChI=1S/C36H42F2N4O4/c1-46-32-4-2-3-26(19-32)23-42(36(45)28-11-15-30(38)16-12-28)31-17-18-41(35(44)27-9-13-29(37)14-10-27)33(20-31)34(43)40-22-25-7-5-24(21-39)6-8-25/h2-4,9-16,19,24-25,31,33H,5-8,17-18,20-23,39H2,1H3,(H,40,43)/t24?,25?,31?,33-/m1/s1. The molecule has 1 aliphatic heterocycles. The Hall–Kier alpha value is -4.31. The van der Waals surface area contributed by atoms with E-state index >= 15 is 0 Å². The molecule has 3 aromatic carbocycles. The van der Waals surface area contributed by atoms with E-state index in [2.05, 4.69) is 5.32 Å². The second-order valence-electron chi connectivity index (χ2n) is 12.4. The summed E-state index contributed by atoms with van der Waals surface area (Å²) in [6.45, 7) is 1.61. The van der Waals surface area contributed by atoms with Crippen molar-refractivity contribution in [3.05, 3.63) is 101 Å². The van der Waals surface area contributed by atoms with Crippen LogP contribution in [0.4, 0.5) is 8.78 Å². The van der Waals surface area contributed by atoms with Crippen LogP contribution in [-0.4, -0.2) is 66.3 Å². The van der Waals surface area contributed by atoms with Gasteiger partial charge in [0.25, 0.3) is 11.8 Å². The fraction of sp³-hybridized carbons (Fsp3) is 0.417. The number of carbonyl (C=O) groups excluding carboxylic acids is 3. The third-order valence-electron chi connectivity index (χ3n) is 9.37. The Kier molecular flexibility index (Phi) is 11.0. The Morgan fingerprint density at radius 3 is 2.15 bits per heavy atom. The molecule has 2 atom stereocenters. The summed E-state index contributed by atoms with van der Waals surface area (Å²) in [5.41, 5.74) is 7.29. The van der Waals surface area contributed by atoms with Crippen molar-refractivity contribution in [3.8, 4) is 5.75 Å². The van der Waals surface area contributed by atoms with Crippen molar-refractivity contribution < 1.29 is 27.9 Å². The number of ether oxygens (including phenoxy) is 1. The van der Waals surface area contributed by atoms with Gasteiger partial charge in [0.1, 0.15) is 23.4 Å². The van der Waals surface area contributed by atoms with Gasteiger partial charge in [0.05, 0.1) is 7.11 Å². The average Bonchev–Trinajstić information content (AvgIpc) is 3.09. The largest absolute Gasteiger partial charge is 0.497 e. The quantitative estimate of drug-likeness (QED) is 0.321. The first kappa shape index (κ1) is 33.1. The third-order valence-corrected chi connectivity index (χ3v) is 9.37. The molecule has 0 spiro atoms. The summed E-state index contributed by atoms with van der Waals surface area (Å²) >= 11 is 0. The van der Waals surface area contributed by atoms with Gasteiger partial charge in [-0.15, -0.1) is 0 Å². The van der Waals surface area contributed by atoms with Crippen LogP contribution in [0.2, 0.25) is 0 Å². The SMILES string of the molecule is COc1cccc(CN(C(=O)c2ccc(F)cc2)C2CCN(C(=O)c3ccc(F)cc3)[C@@H](C(=O)NCC3CCC(CN)CC3)C2)c1. The predicted molar refractivity (Wildman–Crippen MR) is 171 cm³/mol. The molecule has 1 saturated carbocycles. The maximum absolute atomic E-state index is 14.0. The molecule has 0 aromatic heterocycles. The molecule has 0 radical (unpaired) electrons. The molecule has 5 rings (SSSR count). The van der Waals surface area contributed by atoms with Crippen LogP contribution in [0.25, 0.3) is 0 Å². The zero-order chi connectivity index (χ0) is 32.6. The number of likely N-dealkylation sites (tertiary alicyclic amines) is 1. The summed E-state index contributed by atoms with van der Waals surface area (Å²) in [5, 5.41) is 3.11. The van der Waals surface area contributed by atoms with E-state index in [1.165, 1.54) is 53.4 Å². The molecule has 46 heavy (non-hydrogen) atoms. The maximum atomic E-state index is 14.0. The number of rotatable bonds is 10. The third kappa shape index (κ3) is 8.09. The number of carbonyl (C=O) groups is 3. The lowest BCUT2D eigenvalue weighted by atomic mass is 9.82. The Morgan fingerprint density at radius 2 is 1.52 bits per heavy atom. The molecule has 3 N–H and O–H groups in total. The zero-order valence-electron chi connectivity index (χ0n) is 26.2. The highest BCUT2D eigenvalue weighted by atomic mass is 19.1. The normalized spacial score (nSPS) is 21.3. The van der Waals surface area contributed by atoms with Gasteiger partial charge in [-0.2, -0.15) is 0 Å². The number of benzene rings is 3. The van der Waals surface area contributed by atoms with Gasteiger partial charge in [-0.3, -0.25) is 14.4 Å². The average molecular weight is 633 g/mol. The molecule has 0 bridgehead atoms. The lowest BCUT2D eigenvalue weighted by Crippen LogP contribution is -2.58. The van der Waals surface area contributed by atoms with Crippen LogP contribution in [0, 0.1) is 23.5 Å². The molecule has 8 nitrogen and oxygen atoms in total. The topological polar surface area (TPSA) is 105 Å². The highest BCUT2D eigenvalue weighted by molar-refractivity contribution is 5.98. The molecule has 3 amide bonds. The molecule has 2 fully saturated rings. The lowest BCUT2D eigenvalue weighted by molar-refractivity contribution is -0.127. The Bertz CT molecular complexity index is 1490. The lowest BCUT2D eigenvalue weighted by Gasteiger charge is -2.43.